The highest BCUT2D eigenvalue weighted by atomic mass is 16.5. The predicted molar refractivity (Wildman–Crippen MR) is 107 cm³/mol. The number of benzene rings is 1. The Morgan fingerprint density at radius 1 is 1.29 bits per heavy atom. The Balaban J connectivity index is 1.70. The third kappa shape index (κ3) is 4.85. The van der Waals surface area contributed by atoms with Crippen LogP contribution in [0.3, 0.4) is 0 Å². The van der Waals surface area contributed by atoms with Gasteiger partial charge in [0.1, 0.15) is 18.0 Å². The second kappa shape index (κ2) is 8.95. The van der Waals surface area contributed by atoms with Crippen LogP contribution in [0.15, 0.2) is 24.3 Å². The van der Waals surface area contributed by atoms with Crippen molar-refractivity contribution in [3.8, 4) is 5.75 Å². The summed E-state index contributed by atoms with van der Waals surface area (Å²) in [5.41, 5.74) is 0.812. The van der Waals surface area contributed by atoms with Crippen LogP contribution in [0, 0.1) is 5.92 Å². The van der Waals surface area contributed by atoms with Crippen LogP contribution in [-0.2, 0) is 14.3 Å². The minimum absolute atomic E-state index is 0.0261. The number of methoxy groups -OCH3 is 1. The fourth-order valence-electron chi connectivity index (χ4n) is 4.23. The third-order valence-electron chi connectivity index (χ3n) is 5.74. The molecule has 3 rings (SSSR count). The second-order valence-corrected chi connectivity index (χ2v) is 8.44. The molecule has 1 saturated heterocycles. The zero-order valence-corrected chi connectivity index (χ0v) is 17.2. The van der Waals surface area contributed by atoms with Gasteiger partial charge in [-0.05, 0) is 24.0 Å². The maximum absolute atomic E-state index is 12.5. The van der Waals surface area contributed by atoms with Crippen molar-refractivity contribution < 1.29 is 19.1 Å². The lowest BCUT2D eigenvalue weighted by Gasteiger charge is -2.47. The van der Waals surface area contributed by atoms with Gasteiger partial charge in [-0.3, -0.25) is 9.59 Å². The highest BCUT2D eigenvalue weighted by molar-refractivity contribution is 5.78. The van der Waals surface area contributed by atoms with Crippen molar-refractivity contribution in [2.75, 3.05) is 33.4 Å². The van der Waals surface area contributed by atoms with E-state index < -0.39 is 0 Å². The summed E-state index contributed by atoms with van der Waals surface area (Å²) in [6.07, 6.45) is 2.84. The second-order valence-electron chi connectivity index (χ2n) is 8.44. The molecular weight excluding hydrogens is 356 g/mol. The molecule has 1 fully saturated rings. The number of carbonyl (C=O) groups is 2. The number of ether oxygens (including phenoxy) is 2. The lowest BCUT2D eigenvalue weighted by Crippen LogP contribution is -2.52. The van der Waals surface area contributed by atoms with E-state index in [1.807, 2.05) is 23.1 Å². The number of nitrogens with zero attached hydrogens (tertiary/aromatic N) is 1. The number of para-hydroxylation sites is 1. The molecule has 2 aliphatic rings. The van der Waals surface area contributed by atoms with Gasteiger partial charge in [0.25, 0.3) is 0 Å². The van der Waals surface area contributed by atoms with Gasteiger partial charge < -0.3 is 19.7 Å². The molecule has 2 amide bonds. The molecule has 2 aliphatic heterocycles. The monoisotopic (exact) mass is 388 g/mol. The number of piperidine rings is 1. The van der Waals surface area contributed by atoms with Crippen molar-refractivity contribution in [3.63, 3.8) is 0 Å². The molecule has 0 saturated carbocycles. The lowest BCUT2D eigenvalue weighted by molar-refractivity contribution is -0.139. The molecule has 1 aromatic carbocycles. The smallest absolute Gasteiger partial charge is 0.248 e. The van der Waals surface area contributed by atoms with Crippen LogP contribution >= 0.6 is 0 Å². The molecule has 0 bridgehead atoms. The number of carbonyl (C=O) groups excluding carboxylic acids is 2. The summed E-state index contributed by atoms with van der Waals surface area (Å²) in [5.74, 6) is 1.58. The molecule has 2 heterocycles. The number of likely N-dealkylation sites (tertiary alicyclic amines) is 1. The minimum Gasteiger partial charge on any atom is -0.487 e. The van der Waals surface area contributed by atoms with Crippen molar-refractivity contribution in [1.82, 2.24) is 10.2 Å². The number of fused-ring (bicyclic) bond motifs is 1. The van der Waals surface area contributed by atoms with E-state index in [2.05, 4.69) is 25.2 Å². The van der Waals surface area contributed by atoms with Gasteiger partial charge in [0.05, 0.1) is 0 Å². The topological polar surface area (TPSA) is 67.9 Å². The van der Waals surface area contributed by atoms with E-state index in [0.717, 1.165) is 30.6 Å². The lowest BCUT2D eigenvalue weighted by atomic mass is 9.76. The molecule has 1 atom stereocenters. The Kier molecular flexibility index (Phi) is 6.60. The van der Waals surface area contributed by atoms with Gasteiger partial charge in [0.2, 0.25) is 11.8 Å². The number of nitrogens with one attached hydrogen (secondary N) is 1. The van der Waals surface area contributed by atoms with E-state index in [1.165, 1.54) is 0 Å². The molecule has 0 radical (unpaired) electrons. The predicted octanol–water partition coefficient (Wildman–Crippen LogP) is 2.72. The largest absolute Gasteiger partial charge is 0.487 e. The molecule has 154 valence electrons. The van der Waals surface area contributed by atoms with Gasteiger partial charge in [0, 0.05) is 51.9 Å². The molecule has 6 nitrogen and oxygen atoms in total. The average molecular weight is 389 g/mol. The van der Waals surface area contributed by atoms with Crippen LogP contribution in [0.2, 0.25) is 0 Å². The Morgan fingerprint density at radius 3 is 2.68 bits per heavy atom. The molecule has 0 aliphatic carbocycles. The summed E-state index contributed by atoms with van der Waals surface area (Å²) in [7, 11) is 1.54. The van der Waals surface area contributed by atoms with Crippen LogP contribution in [0.4, 0.5) is 0 Å². The van der Waals surface area contributed by atoms with Crippen molar-refractivity contribution >= 4 is 11.8 Å². The van der Waals surface area contributed by atoms with Crippen molar-refractivity contribution in [2.24, 2.45) is 5.92 Å². The van der Waals surface area contributed by atoms with E-state index >= 15 is 0 Å². The van der Waals surface area contributed by atoms with E-state index in [1.54, 1.807) is 7.11 Å². The summed E-state index contributed by atoms with van der Waals surface area (Å²) < 4.78 is 11.4. The Morgan fingerprint density at radius 2 is 2.00 bits per heavy atom. The molecule has 1 N–H and O–H groups in total. The maximum atomic E-state index is 12.5. The molecule has 6 heteroatoms. The summed E-state index contributed by atoms with van der Waals surface area (Å²) in [5, 5.41) is 3.04. The molecule has 28 heavy (non-hydrogen) atoms. The van der Waals surface area contributed by atoms with E-state index in [9.17, 15) is 9.59 Å². The fraction of sp³-hybridized carbons (Fsp3) is 0.636. The van der Waals surface area contributed by atoms with Gasteiger partial charge in [-0.25, -0.2) is 0 Å². The maximum Gasteiger partial charge on any atom is 0.248 e. The first-order chi connectivity index (χ1) is 13.4. The van der Waals surface area contributed by atoms with Crippen LogP contribution < -0.4 is 10.1 Å². The van der Waals surface area contributed by atoms with Crippen molar-refractivity contribution in [2.45, 2.75) is 51.0 Å². The summed E-state index contributed by atoms with van der Waals surface area (Å²) in [6, 6.07) is 8.05. The zero-order chi connectivity index (χ0) is 20.1. The number of hydrogen-bond acceptors (Lipinski definition) is 4. The third-order valence-corrected chi connectivity index (χ3v) is 5.74. The highest BCUT2D eigenvalue weighted by Crippen LogP contribution is 2.46. The minimum atomic E-state index is -0.304. The quantitative estimate of drug-likeness (QED) is 0.814. The first-order valence-corrected chi connectivity index (χ1v) is 10.2. The van der Waals surface area contributed by atoms with Gasteiger partial charge in [-0.1, -0.05) is 32.0 Å². The first-order valence-electron chi connectivity index (χ1n) is 10.2. The molecule has 0 aromatic heterocycles. The van der Waals surface area contributed by atoms with Crippen LogP contribution in [0.5, 0.6) is 5.75 Å². The molecule has 0 unspecified atom stereocenters. The standard InChI is InChI=1S/C22H32N2O4/c1-16(2)14-23-20(25)12-17-13-22(28-19-7-5-4-6-18(17)19)8-10-24(11-9-22)21(26)15-27-3/h4-7,16-17H,8-15H2,1-3H3,(H,23,25)/t17-/m0/s1. The number of rotatable bonds is 6. The number of hydrogen-bond donors (Lipinski definition) is 1. The Hall–Kier alpha value is -2.08. The Labute approximate surface area is 167 Å². The van der Waals surface area contributed by atoms with E-state index in [0.29, 0.717) is 32.0 Å². The van der Waals surface area contributed by atoms with Crippen molar-refractivity contribution in [1.29, 1.82) is 0 Å². The van der Waals surface area contributed by atoms with Gasteiger partial charge in [-0.15, -0.1) is 0 Å². The summed E-state index contributed by atoms with van der Waals surface area (Å²) in [6.45, 7) is 6.34. The van der Waals surface area contributed by atoms with Crippen molar-refractivity contribution in [3.05, 3.63) is 29.8 Å². The zero-order valence-electron chi connectivity index (χ0n) is 17.2. The average Bonchev–Trinajstić information content (AvgIpc) is 2.67. The molecule has 1 aromatic rings. The fourth-order valence-corrected chi connectivity index (χ4v) is 4.23. The van der Waals surface area contributed by atoms with E-state index in [4.69, 9.17) is 9.47 Å². The van der Waals surface area contributed by atoms with E-state index in [-0.39, 0.29) is 29.9 Å². The summed E-state index contributed by atoms with van der Waals surface area (Å²) in [4.78, 5) is 26.5. The normalized spacial score (nSPS) is 20.6. The van der Waals surface area contributed by atoms with Crippen LogP contribution in [-0.4, -0.2) is 55.7 Å². The molecular formula is C22H32N2O4. The Bertz CT molecular complexity index is 696. The van der Waals surface area contributed by atoms with Gasteiger partial charge in [-0.2, -0.15) is 0 Å². The highest BCUT2D eigenvalue weighted by Gasteiger charge is 2.44. The van der Waals surface area contributed by atoms with Gasteiger partial charge in [0.15, 0.2) is 0 Å². The molecule has 1 spiro atoms. The summed E-state index contributed by atoms with van der Waals surface area (Å²) >= 11 is 0. The van der Waals surface area contributed by atoms with Crippen LogP contribution in [0.1, 0.15) is 51.0 Å². The SMILES string of the molecule is COCC(=O)N1CCC2(CC1)C[C@H](CC(=O)NCC(C)C)c1ccccc1O2. The number of amides is 2. The van der Waals surface area contributed by atoms with Crippen LogP contribution in [0.25, 0.3) is 0 Å². The van der Waals surface area contributed by atoms with Gasteiger partial charge >= 0.3 is 0 Å². The first kappa shape index (κ1) is 20.6.